The van der Waals surface area contributed by atoms with Gasteiger partial charge in [0.15, 0.2) is 6.10 Å². The van der Waals surface area contributed by atoms with Crippen LogP contribution in [-0.4, -0.2) is 37.2 Å². The maximum atomic E-state index is 12.9. The zero-order valence-electron chi connectivity index (χ0n) is 52.6. The summed E-state index contributed by atoms with van der Waals surface area (Å²) >= 11 is 0. The van der Waals surface area contributed by atoms with Crippen LogP contribution in [0, 0.1) is 0 Å². The van der Waals surface area contributed by atoms with E-state index in [9.17, 15) is 14.4 Å². The monoisotopic (exact) mass is 1100 g/mol. The quantitative estimate of drug-likeness (QED) is 0.0261. The van der Waals surface area contributed by atoms with Gasteiger partial charge in [-0.05, 0) is 109 Å². The standard InChI is InChI=1S/C73H130O6/c1-4-7-10-13-16-19-22-25-28-31-32-33-34-35-36-37-38-39-40-43-45-48-51-54-57-60-63-66-72(75)78-69-70(79-73(76)67-64-61-58-55-52-49-46-42-30-27-24-21-18-15-12-9-6-3)68-77-71(74)65-62-59-56-53-50-47-44-41-29-26-23-20-17-14-11-8-5-2/h9,12,18,21,26-27,29-32,46,49,70H,4-8,10-11,13-17,19-20,22-25,28,33-45,47-48,50-69H2,1-3H3/b12-9-,21-18-,29-26-,30-27-,32-31-,49-46-. The zero-order chi connectivity index (χ0) is 57.1. The van der Waals surface area contributed by atoms with E-state index >= 15 is 0 Å². The molecule has 6 nitrogen and oxygen atoms in total. The number of hydrogen-bond donors (Lipinski definition) is 0. The van der Waals surface area contributed by atoms with Crippen molar-refractivity contribution in [3.63, 3.8) is 0 Å². The molecule has 0 amide bonds. The van der Waals surface area contributed by atoms with Crippen LogP contribution in [0.2, 0.25) is 0 Å². The summed E-state index contributed by atoms with van der Waals surface area (Å²) in [7, 11) is 0. The van der Waals surface area contributed by atoms with Crippen molar-refractivity contribution in [2.24, 2.45) is 0 Å². The lowest BCUT2D eigenvalue weighted by Crippen LogP contribution is -2.30. The Morgan fingerprint density at radius 3 is 0.785 bits per heavy atom. The molecule has 0 aromatic heterocycles. The summed E-state index contributed by atoms with van der Waals surface area (Å²) in [5, 5.41) is 0. The van der Waals surface area contributed by atoms with E-state index in [1.165, 1.54) is 218 Å². The van der Waals surface area contributed by atoms with E-state index in [1.807, 2.05) is 0 Å². The second-order valence-corrected chi connectivity index (χ2v) is 23.1. The van der Waals surface area contributed by atoms with Gasteiger partial charge in [-0.25, -0.2) is 0 Å². The van der Waals surface area contributed by atoms with Crippen molar-refractivity contribution < 1.29 is 28.6 Å². The summed E-state index contributed by atoms with van der Waals surface area (Å²) in [6.45, 7) is 6.55. The molecule has 0 bridgehead atoms. The highest BCUT2D eigenvalue weighted by molar-refractivity contribution is 5.71. The van der Waals surface area contributed by atoms with E-state index in [2.05, 4.69) is 93.7 Å². The molecule has 0 aromatic rings. The average Bonchev–Trinajstić information content (AvgIpc) is 3.45. The average molecular weight is 1100 g/mol. The van der Waals surface area contributed by atoms with Crippen molar-refractivity contribution in [1.82, 2.24) is 0 Å². The van der Waals surface area contributed by atoms with Gasteiger partial charge in [0.1, 0.15) is 13.2 Å². The molecule has 0 fully saturated rings. The van der Waals surface area contributed by atoms with Crippen molar-refractivity contribution in [3.8, 4) is 0 Å². The van der Waals surface area contributed by atoms with E-state index in [-0.39, 0.29) is 31.1 Å². The van der Waals surface area contributed by atoms with Gasteiger partial charge in [-0.3, -0.25) is 14.4 Å². The van der Waals surface area contributed by atoms with Crippen LogP contribution >= 0.6 is 0 Å². The molecule has 79 heavy (non-hydrogen) atoms. The van der Waals surface area contributed by atoms with E-state index in [4.69, 9.17) is 14.2 Å². The minimum atomic E-state index is -0.791. The predicted octanol–water partition coefficient (Wildman–Crippen LogP) is 23.7. The molecular formula is C73H130O6. The van der Waals surface area contributed by atoms with Crippen molar-refractivity contribution >= 4 is 17.9 Å². The number of hydrogen-bond acceptors (Lipinski definition) is 6. The fraction of sp³-hybridized carbons (Fsp3) is 0.795. The summed E-state index contributed by atoms with van der Waals surface area (Å²) < 4.78 is 17.0. The van der Waals surface area contributed by atoms with Crippen LogP contribution < -0.4 is 0 Å². The highest BCUT2D eigenvalue weighted by Gasteiger charge is 2.19. The van der Waals surface area contributed by atoms with E-state index < -0.39 is 6.10 Å². The van der Waals surface area contributed by atoms with Crippen LogP contribution in [0.1, 0.15) is 355 Å². The molecule has 6 heteroatoms. The van der Waals surface area contributed by atoms with Gasteiger partial charge in [0.25, 0.3) is 0 Å². The van der Waals surface area contributed by atoms with Crippen LogP contribution in [0.25, 0.3) is 0 Å². The van der Waals surface area contributed by atoms with Crippen LogP contribution in [0.3, 0.4) is 0 Å². The molecule has 0 N–H and O–H groups in total. The fourth-order valence-corrected chi connectivity index (χ4v) is 10.0. The summed E-state index contributed by atoms with van der Waals surface area (Å²) in [5.41, 5.74) is 0. The van der Waals surface area contributed by atoms with Crippen LogP contribution in [0.4, 0.5) is 0 Å². The number of ether oxygens (including phenoxy) is 3. The Hall–Kier alpha value is -3.15. The highest BCUT2D eigenvalue weighted by atomic mass is 16.6. The smallest absolute Gasteiger partial charge is 0.306 e. The summed E-state index contributed by atoms with van der Waals surface area (Å²) in [4.78, 5) is 38.4. The molecule has 0 heterocycles. The molecule has 458 valence electrons. The summed E-state index contributed by atoms with van der Waals surface area (Å²) in [6, 6.07) is 0. The lowest BCUT2D eigenvalue weighted by molar-refractivity contribution is -0.167. The SMILES string of the molecule is CC/C=C\C/C=C\C/C=C\C/C=C\CCCCCCC(=O)OC(COC(=O)CCCCCCCCC/C=C\CCCCCCCC)COC(=O)CCCCCCCCCCCCCCCCC/C=C\CCCCCCCCCC. The number of carbonyl (C=O) groups is 3. The van der Waals surface area contributed by atoms with Crippen molar-refractivity contribution in [2.75, 3.05) is 13.2 Å². The largest absolute Gasteiger partial charge is 0.462 e. The summed E-state index contributed by atoms with van der Waals surface area (Å²) in [6.07, 6.45) is 87.8. The first-order chi connectivity index (χ1) is 39.0. The molecule has 1 unspecified atom stereocenters. The molecule has 0 radical (unpaired) electrons. The Balaban J connectivity index is 4.30. The first-order valence-corrected chi connectivity index (χ1v) is 34.4. The number of esters is 3. The molecule has 0 saturated heterocycles. The molecule has 0 aliphatic rings. The van der Waals surface area contributed by atoms with Crippen LogP contribution in [-0.2, 0) is 28.6 Å². The second-order valence-electron chi connectivity index (χ2n) is 23.1. The van der Waals surface area contributed by atoms with Crippen LogP contribution in [0.15, 0.2) is 72.9 Å². The molecule has 0 aromatic carbocycles. The molecule has 0 rings (SSSR count). The molecule has 0 saturated carbocycles. The third kappa shape index (κ3) is 65.5. The molecule has 0 aliphatic carbocycles. The Morgan fingerprint density at radius 2 is 0.494 bits per heavy atom. The van der Waals surface area contributed by atoms with E-state index in [0.29, 0.717) is 19.3 Å². The molecule has 0 spiro atoms. The molecular weight excluding hydrogens is 973 g/mol. The van der Waals surface area contributed by atoms with Gasteiger partial charge in [-0.2, -0.15) is 0 Å². The maximum absolute atomic E-state index is 12.9. The Bertz CT molecular complexity index is 1450. The highest BCUT2D eigenvalue weighted by Crippen LogP contribution is 2.17. The Morgan fingerprint density at radius 1 is 0.266 bits per heavy atom. The lowest BCUT2D eigenvalue weighted by Gasteiger charge is -2.18. The van der Waals surface area contributed by atoms with E-state index in [1.54, 1.807) is 0 Å². The third-order valence-electron chi connectivity index (χ3n) is 15.2. The normalized spacial score (nSPS) is 12.5. The Labute approximate surface area is 491 Å². The van der Waals surface area contributed by atoms with Gasteiger partial charge >= 0.3 is 17.9 Å². The van der Waals surface area contributed by atoms with E-state index in [0.717, 1.165) is 96.3 Å². The van der Waals surface area contributed by atoms with Crippen molar-refractivity contribution in [3.05, 3.63) is 72.9 Å². The van der Waals surface area contributed by atoms with Gasteiger partial charge in [0.2, 0.25) is 0 Å². The number of allylic oxidation sites excluding steroid dienone is 12. The number of unbranched alkanes of at least 4 members (excludes halogenated alkanes) is 40. The third-order valence-corrected chi connectivity index (χ3v) is 15.2. The predicted molar refractivity (Wildman–Crippen MR) is 344 cm³/mol. The maximum Gasteiger partial charge on any atom is 0.306 e. The van der Waals surface area contributed by atoms with Gasteiger partial charge in [0, 0.05) is 19.3 Å². The molecule has 1 atom stereocenters. The van der Waals surface area contributed by atoms with Gasteiger partial charge in [-0.15, -0.1) is 0 Å². The zero-order valence-corrected chi connectivity index (χ0v) is 52.6. The lowest BCUT2D eigenvalue weighted by atomic mass is 10.0. The van der Waals surface area contributed by atoms with Gasteiger partial charge in [-0.1, -0.05) is 299 Å². The van der Waals surface area contributed by atoms with Crippen LogP contribution in [0.5, 0.6) is 0 Å². The first kappa shape index (κ1) is 75.8. The molecule has 0 aliphatic heterocycles. The van der Waals surface area contributed by atoms with Crippen molar-refractivity contribution in [2.45, 2.75) is 361 Å². The van der Waals surface area contributed by atoms with Gasteiger partial charge < -0.3 is 14.2 Å². The first-order valence-electron chi connectivity index (χ1n) is 34.4. The second kappa shape index (κ2) is 67.4. The van der Waals surface area contributed by atoms with Gasteiger partial charge in [0.05, 0.1) is 0 Å². The summed E-state index contributed by atoms with van der Waals surface area (Å²) in [5.74, 6) is -0.895. The topological polar surface area (TPSA) is 78.9 Å². The fourth-order valence-electron chi connectivity index (χ4n) is 10.0. The minimum absolute atomic E-state index is 0.0844. The Kier molecular flexibility index (Phi) is 64.7. The minimum Gasteiger partial charge on any atom is -0.462 e. The van der Waals surface area contributed by atoms with Crippen molar-refractivity contribution in [1.29, 1.82) is 0 Å². The number of carbonyl (C=O) groups excluding carboxylic acids is 3. The number of rotatable bonds is 63.